The number of carbonyl (C=O) groups is 1. The number of hydrogen-bond acceptors (Lipinski definition) is 6. The first kappa shape index (κ1) is 11.7. The first-order valence-corrected chi connectivity index (χ1v) is 6.68. The molecule has 1 aliphatic rings. The third-order valence-electron chi connectivity index (χ3n) is 2.56. The molecule has 7 heteroatoms. The maximum Gasteiger partial charge on any atom is 0.307 e. The summed E-state index contributed by atoms with van der Waals surface area (Å²) in [7, 11) is 3.83. The molecule has 5 nitrogen and oxygen atoms in total. The number of thioether (sulfide) groups is 1. The van der Waals surface area contributed by atoms with Crippen LogP contribution in [0.15, 0.2) is 4.34 Å². The lowest BCUT2D eigenvalue weighted by molar-refractivity contribution is -0.144. The molecular weight excluding hydrogens is 246 g/mol. The summed E-state index contributed by atoms with van der Waals surface area (Å²) in [6, 6.07) is 0. The predicted octanol–water partition coefficient (Wildman–Crippen LogP) is 1.56. The zero-order valence-electron chi connectivity index (χ0n) is 9.08. The Morgan fingerprint density at radius 3 is 2.69 bits per heavy atom. The van der Waals surface area contributed by atoms with Gasteiger partial charge in [-0.25, -0.2) is 0 Å². The molecule has 0 bridgehead atoms. The van der Waals surface area contributed by atoms with Gasteiger partial charge in [-0.15, -0.1) is 10.2 Å². The van der Waals surface area contributed by atoms with Crippen LogP contribution in [0.3, 0.4) is 0 Å². The molecule has 2 rings (SSSR count). The molecule has 2 atom stereocenters. The molecule has 1 aromatic rings. The van der Waals surface area contributed by atoms with E-state index in [0.29, 0.717) is 0 Å². The van der Waals surface area contributed by atoms with E-state index >= 15 is 0 Å². The number of carboxylic acids is 1. The number of anilines is 1. The van der Waals surface area contributed by atoms with Gasteiger partial charge in [0, 0.05) is 19.3 Å². The quantitative estimate of drug-likeness (QED) is 0.885. The van der Waals surface area contributed by atoms with Crippen LogP contribution in [0.2, 0.25) is 0 Å². The largest absolute Gasteiger partial charge is 0.481 e. The Labute approximate surface area is 102 Å². The molecule has 1 fully saturated rings. The second kappa shape index (κ2) is 4.58. The van der Waals surface area contributed by atoms with Crippen LogP contribution in [0.1, 0.15) is 12.8 Å². The summed E-state index contributed by atoms with van der Waals surface area (Å²) in [5, 5.41) is 18.0. The minimum atomic E-state index is -0.693. The standard InChI is InChI=1S/C9H13N3O2S2/c1-12(2)8-10-11-9(16-8)15-6-4-3-5(6)7(13)14/h5-6H,3-4H2,1-2H3,(H,13,14). The Hall–Kier alpha value is -0.820. The molecule has 0 saturated heterocycles. The second-order valence-electron chi connectivity index (χ2n) is 3.92. The van der Waals surface area contributed by atoms with Gasteiger partial charge in [-0.3, -0.25) is 4.79 Å². The fourth-order valence-corrected chi connectivity index (χ4v) is 3.76. The number of aromatic nitrogens is 2. The Balaban J connectivity index is 1.96. The van der Waals surface area contributed by atoms with Gasteiger partial charge in [-0.05, 0) is 12.8 Å². The molecule has 2 unspecified atom stereocenters. The van der Waals surface area contributed by atoms with E-state index in [1.807, 2.05) is 19.0 Å². The van der Waals surface area contributed by atoms with Crippen LogP contribution >= 0.6 is 23.1 Å². The first-order valence-electron chi connectivity index (χ1n) is 4.98. The minimum absolute atomic E-state index is 0.167. The first-order chi connectivity index (χ1) is 7.58. The number of rotatable bonds is 4. The van der Waals surface area contributed by atoms with Crippen LogP contribution < -0.4 is 4.90 Å². The van der Waals surface area contributed by atoms with Gasteiger partial charge in [0.2, 0.25) is 5.13 Å². The van der Waals surface area contributed by atoms with Gasteiger partial charge >= 0.3 is 5.97 Å². The summed E-state index contributed by atoms with van der Waals surface area (Å²) in [5.41, 5.74) is 0. The van der Waals surface area contributed by atoms with Gasteiger partial charge in [-0.1, -0.05) is 23.1 Å². The van der Waals surface area contributed by atoms with Crippen molar-refractivity contribution in [3.8, 4) is 0 Å². The molecule has 0 spiro atoms. The molecule has 1 saturated carbocycles. The van der Waals surface area contributed by atoms with Gasteiger partial charge in [0.15, 0.2) is 4.34 Å². The summed E-state index contributed by atoms with van der Waals surface area (Å²) in [4.78, 5) is 12.7. The molecule has 0 radical (unpaired) electrons. The van der Waals surface area contributed by atoms with E-state index in [1.165, 1.54) is 11.3 Å². The average molecular weight is 259 g/mol. The van der Waals surface area contributed by atoms with Crippen molar-refractivity contribution in [3.63, 3.8) is 0 Å². The summed E-state index contributed by atoms with van der Waals surface area (Å²) in [6.45, 7) is 0. The van der Waals surface area contributed by atoms with Crippen molar-refractivity contribution in [2.24, 2.45) is 5.92 Å². The van der Waals surface area contributed by atoms with Crippen molar-refractivity contribution in [2.75, 3.05) is 19.0 Å². The molecule has 1 aromatic heterocycles. The number of carboxylic acid groups (broad SMARTS) is 1. The molecule has 1 aliphatic carbocycles. The minimum Gasteiger partial charge on any atom is -0.481 e. The van der Waals surface area contributed by atoms with E-state index in [-0.39, 0.29) is 11.2 Å². The summed E-state index contributed by atoms with van der Waals surface area (Å²) >= 11 is 3.05. The summed E-state index contributed by atoms with van der Waals surface area (Å²) < 4.78 is 0.861. The van der Waals surface area contributed by atoms with Crippen molar-refractivity contribution < 1.29 is 9.90 Å². The van der Waals surface area contributed by atoms with E-state index in [9.17, 15) is 4.79 Å². The molecule has 88 valence electrons. The fraction of sp³-hybridized carbons (Fsp3) is 0.667. The zero-order valence-corrected chi connectivity index (χ0v) is 10.7. The smallest absolute Gasteiger partial charge is 0.307 e. The normalized spacial score (nSPS) is 23.9. The maximum atomic E-state index is 10.8. The molecular formula is C9H13N3O2S2. The van der Waals surface area contributed by atoms with Crippen LogP contribution in [-0.2, 0) is 4.79 Å². The number of nitrogens with zero attached hydrogens (tertiary/aromatic N) is 3. The Kier molecular flexibility index (Phi) is 3.34. The van der Waals surface area contributed by atoms with Gasteiger partial charge in [0.05, 0.1) is 5.92 Å². The third-order valence-corrected chi connectivity index (χ3v) is 5.13. The van der Waals surface area contributed by atoms with E-state index in [2.05, 4.69) is 10.2 Å². The highest BCUT2D eigenvalue weighted by Crippen LogP contribution is 2.42. The van der Waals surface area contributed by atoms with E-state index in [4.69, 9.17) is 5.11 Å². The van der Waals surface area contributed by atoms with Crippen LogP contribution in [0, 0.1) is 5.92 Å². The van der Waals surface area contributed by atoms with Crippen LogP contribution in [0.4, 0.5) is 5.13 Å². The maximum absolute atomic E-state index is 10.8. The number of aliphatic carboxylic acids is 1. The van der Waals surface area contributed by atoms with Gasteiger partial charge in [0.1, 0.15) is 0 Å². The summed E-state index contributed by atoms with van der Waals surface area (Å²) in [5.74, 6) is -0.905. The lowest BCUT2D eigenvalue weighted by atomic mass is 9.85. The van der Waals surface area contributed by atoms with Gasteiger partial charge in [-0.2, -0.15) is 0 Å². The topological polar surface area (TPSA) is 66.3 Å². The van der Waals surface area contributed by atoms with E-state index in [1.54, 1.807) is 11.8 Å². The SMILES string of the molecule is CN(C)c1nnc(SC2CCC2C(=O)O)s1. The average Bonchev–Trinajstić information content (AvgIpc) is 2.59. The highest BCUT2D eigenvalue weighted by Gasteiger charge is 2.37. The fourth-order valence-electron chi connectivity index (χ4n) is 1.45. The summed E-state index contributed by atoms with van der Waals surface area (Å²) in [6.07, 6.45) is 1.74. The predicted molar refractivity (Wildman–Crippen MR) is 64.2 cm³/mol. The monoisotopic (exact) mass is 259 g/mol. The van der Waals surface area contributed by atoms with Crippen molar-refractivity contribution in [1.29, 1.82) is 0 Å². The Morgan fingerprint density at radius 1 is 1.50 bits per heavy atom. The van der Waals surface area contributed by atoms with Gasteiger partial charge in [0.25, 0.3) is 0 Å². The van der Waals surface area contributed by atoms with Crippen LogP contribution in [0.25, 0.3) is 0 Å². The van der Waals surface area contributed by atoms with Gasteiger partial charge < -0.3 is 10.0 Å². The lowest BCUT2D eigenvalue weighted by Gasteiger charge is -2.31. The molecule has 1 heterocycles. The van der Waals surface area contributed by atoms with Crippen molar-refractivity contribution in [1.82, 2.24) is 10.2 Å². The zero-order chi connectivity index (χ0) is 11.7. The molecule has 0 aliphatic heterocycles. The van der Waals surface area contributed by atoms with Crippen molar-refractivity contribution >= 4 is 34.2 Å². The highest BCUT2D eigenvalue weighted by atomic mass is 32.2. The molecule has 0 amide bonds. The Bertz CT molecular complexity index is 394. The second-order valence-corrected chi connectivity index (χ2v) is 6.37. The van der Waals surface area contributed by atoms with Crippen LogP contribution in [0.5, 0.6) is 0 Å². The van der Waals surface area contributed by atoms with Crippen LogP contribution in [-0.4, -0.2) is 40.6 Å². The van der Waals surface area contributed by atoms with E-state index < -0.39 is 5.97 Å². The Morgan fingerprint density at radius 2 is 2.25 bits per heavy atom. The third kappa shape index (κ3) is 2.30. The molecule has 1 N–H and O–H groups in total. The van der Waals surface area contributed by atoms with Crippen molar-refractivity contribution in [3.05, 3.63) is 0 Å². The molecule has 16 heavy (non-hydrogen) atoms. The number of hydrogen-bond donors (Lipinski definition) is 1. The molecule has 0 aromatic carbocycles. The van der Waals surface area contributed by atoms with E-state index in [0.717, 1.165) is 22.3 Å². The highest BCUT2D eigenvalue weighted by molar-refractivity contribution is 8.01. The van der Waals surface area contributed by atoms with Crippen molar-refractivity contribution in [2.45, 2.75) is 22.4 Å². The lowest BCUT2D eigenvalue weighted by Crippen LogP contribution is -2.35.